The summed E-state index contributed by atoms with van der Waals surface area (Å²) in [4.78, 5) is 22.8. The lowest BCUT2D eigenvalue weighted by Crippen LogP contribution is -2.22. The summed E-state index contributed by atoms with van der Waals surface area (Å²) in [7, 11) is 0. The maximum Gasteiger partial charge on any atom is 0.290 e. The summed E-state index contributed by atoms with van der Waals surface area (Å²) in [6.07, 6.45) is 3.91. The molecule has 1 saturated heterocycles. The number of carbonyl (C=O) groups is 1. The molecule has 0 saturated carbocycles. The molecule has 1 amide bonds. The van der Waals surface area contributed by atoms with E-state index in [2.05, 4.69) is 20.0 Å². The summed E-state index contributed by atoms with van der Waals surface area (Å²) in [6.45, 7) is 3.77. The fourth-order valence-corrected chi connectivity index (χ4v) is 3.26. The second-order valence-corrected chi connectivity index (χ2v) is 6.11. The van der Waals surface area contributed by atoms with E-state index < -0.39 is 5.91 Å². The van der Waals surface area contributed by atoms with Crippen molar-refractivity contribution in [3.63, 3.8) is 0 Å². The molecular formula is C12H15N5O2S. The van der Waals surface area contributed by atoms with E-state index in [4.69, 9.17) is 10.3 Å². The highest BCUT2D eigenvalue weighted by molar-refractivity contribution is 7.11. The number of hydrogen-bond donors (Lipinski definition) is 1. The summed E-state index contributed by atoms with van der Waals surface area (Å²) >= 11 is 1.69. The van der Waals surface area contributed by atoms with E-state index in [0.29, 0.717) is 5.89 Å². The lowest BCUT2D eigenvalue weighted by molar-refractivity contribution is 0.0987. The van der Waals surface area contributed by atoms with E-state index in [1.165, 1.54) is 4.88 Å². The zero-order valence-corrected chi connectivity index (χ0v) is 11.9. The first-order valence-electron chi connectivity index (χ1n) is 6.42. The Morgan fingerprint density at radius 1 is 1.65 bits per heavy atom. The molecular weight excluding hydrogens is 278 g/mol. The number of thiazole rings is 1. The molecule has 3 rings (SSSR count). The van der Waals surface area contributed by atoms with E-state index in [1.807, 2.05) is 13.1 Å². The molecule has 0 aliphatic carbocycles. The average molecular weight is 293 g/mol. The predicted molar refractivity (Wildman–Crippen MR) is 72.1 cm³/mol. The van der Waals surface area contributed by atoms with Crippen LogP contribution in [-0.4, -0.2) is 32.5 Å². The van der Waals surface area contributed by atoms with Crippen molar-refractivity contribution in [3.8, 4) is 0 Å². The molecule has 2 aromatic heterocycles. The highest BCUT2D eigenvalue weighted by Gasteiger charge is 2.31. The smallest absolute Gasteiger partial charge is 0.290 e. The fourth-order valence-electron chi connectivity index (χ4n) is 2.44. The fraction of sp³-hybridized carbons (Fsp3) is 0.500. The molecule has 1 fully saturated rings. The largest absolute Gasteiger partial charge is 0.363 e. The molecule has 8 heteroatoms. The van der Waals surface area contributed by atoms with Crippen molar-refractivity contribution in [2.75, 3.05) is 6.54 Å². The number of aryl methyl sites for hydroxylation is 1. The van der Waals surface area contributed by atoms with Crippen LogP contribution in [0.1, 0.15) is 45.3 Å². The quantitative estimate of drug-likeness (QED) is 0.911. The third kappa shape index (κ3) is 2.56. The summed E-state index contributed by atoms with van der Waals surface area (Å²) in [5.41, 5.74) is 5.14. The molecule has 0 radical (unpaired) electrons. The highest BCUT2D eigenvalue weighted by Crippen LogP contribution is 2.32. The minimum atomic E-state index is -0.664. The Bertz CT molecular complexity index is 623. The summed E-state index contributed by atoms with van der Waals surface area (Å²) in [5, 5.41) is 4.67. The van der Waals surface area contributed by atoms with Gasteiger partial charge in [0.15, 0.2) is 0 Å². The zero-order chi connectivity index (χ0) is 14.1. The van der Waals surface area contributed by atoms with Crippen LogP contribution >= 0.6 is 11.3 Å². The normalized spacial score (nSPS) is 19.6. The third-order valence-corrected chi connectivity index (χ3v) is 4.24. The second kappa shape index (κ2) is 5.29. The highest BCUT2D eigenvalue weighted by atomic mass is 32.1. The van der Waals surface area contributed by atoms with Crippen molar-refractivity contribution in [2.24, 2.45) is 5.73 Å². The maximum absolute atomic E-state index is 11.0. The first-order chi connectivity index (χ1) is 9.63. The zero-order valence-electron chi connectivity index (χ0n) is 11.1. The Kier molecular flexibility index (Phi) is 3.49. The van der Waals surface area contributed by atoms with Gasteiger partial charge in [-0.3, -0.25) is 9.69 Å². The van der Waals surface area contributed by atoms with E-state index in [1.54, 1.807) is 11.3 Å². The Labute approximate surface area is 119 Å². The van der Waals surface area contributed by atoms with E-state index >= 15 is 0 Å². The number of carbonyl (C=O) groups excluding carboxylic acids is 1. The number of nitrogens with two attached hydrogens (primary N) is 1. The molecule has 1 aliphatic heterocycles. The van der Waals surface area contributed by atoms with Crippen LogP contribution in [0.4, 0.5) is 0 Å². The molecule has 1 unspecified atom stereocenters. The number of aromatic nitrogens is 3. The lowest BCUT2D eigenvalue weighted by Gasteiger charge is -2.20. The Balaban J connectivity index is 1.76. The van der Waals surface area contributed by atoms with Crippen LogP contribution in [0, 0.1) is 6.92 Å². The van der Waals surface area contributed by atoms with E-state index in [0.717, 1.165) is 30.9 Å². The van der Waals surface area contributed by atoms with E-state index in [-0.39, 0.29) is 11.9 Å². The van der Waals surface area contributed by atoms with Gasteiger partial charge < -0.3 is 10.3 Å². The number of hydrogen-bond acceptors (Lipinski definition) is 7. The van der Waals surface area contributed by atoms with Crippen LogP contribution in [0.25, 0.3) is 0 Å². The summed E-state index contributed by atoms with van der Waals surface area (Å²) in [6, 6.07) is 0.0537. The Morgan fingerprint density at radius 2 is 2.50 bits per heavy atom. The van der Waals surface area contributed by atoms with Gasteiger partial charge in [-0.1, -0.05) is 5.16 Å². The number of amides is 1. The minimum absolute atomic E-state index is 0.0537. The maximum atomic E-state index is 11.0. The summed E-state index contributed by atoms with van der Waals surface area (Å²) < 4.78 is 5.17. The molecule has 0 spiro atoms. The molecule has 3 heterocycles. The van der Waals surface area contributed by atoms with Gasteiger partial charge in [0.2, 0.25) is 5.89 Å². The van der Waals surface area contributed by atoms with Gasteiger partial charge in [0.05, 0.1) is 11.0 Å². The SMILES string of the molecule is Cc1ncc(CN2CCCC2c2nc(C(N)=O)no2)s1. The van der Waals surface area contributed by atoms with E-state index in [9.17, 15) is 4.79 Å². The number of rotatable bonds is 4. The van der Waals surface area contributed by atoms with Crippen molar-refractivity contribution in [3.05, 3.63) is 27.8 Å². The van der Waals surface area contributed by atoms with Crippen molar-refractivity contribution >= 4 is 17.2 Å². The van der Waals surface area contributed by atoms with Crippen LogP contribution in [0.2, 0.25) is 0 Å². The predicted octanol–water partition coefficient (Wildman–Crippen LogP) is 1.27. The van der Waals surface area contributed by atoms with Crippen molar-refractivity contribution in [2.45, 2.75) is 32.4 Å². The molecule has 2 N–H and O–H groups in total. The Hall–Kier alpha value is -1.80. The molecule has 106 valence electrons. The summed E-state index contributed by atoms with van der Waals surface area (Å²) in [5.74, 6) is -0.249. The molecule has 2 aromatic rings. The van der Waals surface area contributed by atoms with Crippen LogP contribution in [-0.2, 0) is 6.54 Å². The van der Waals surface area contributed by atoms with Crippen molar-refractivity contribution < 1.29 is 9.32 Å². The number of primary amides is 1. The van der Waals surface area contributed by atoms with Crippen molar-refractivity contribution in [1.29, 1.82) is 0 Å². The molecule has 20 heavy (non-hydrogen) atoms. The number of likely N-dealkylation sites (tertiary alicyclic amines) is 1. The van der Waals surface area contributed by atoms with Crippen LogP contribution in [0.3, 0.4) is 0 Å². The van der Waals surface area contributed by atoms with Crippen LogP contribution < -0.4 is 5.73 Å². The molecule has 1 aliphatic rings. The standard InChI is InChI=1S/C12H15N5O2S/c1-7-14-5-8(20-7)6-17-4-2-3-9(17)12-15-11(10(13)18)16-19-12/h5,9H,2-4,6H2,1H3,(H2,13,18). The molecule has 0 aromatic carbocycles. The first-order valence-corrected chi connectivity index (χ1v) is 7.24. The van der Waals surface area contributed by atoms with Gasteiger partial charge in [-0.2, -0.15) is 4.98 Å². The van der Waals surface area contributed by atoms with Crippen LogP contribution in [0.5, 0.6) is 0 Å². The van der Waals surface area contributed by atoms with Gasteiger partial charge in [0, 0.05) is 17.6 Å². The van der Waals surface area contributed by atoms with Gasteiger partial charge in [-0.15, -0.1) is 11.3 Å². The van der Waals surface area contributed by atoms with Crippen molar-refractivity contribution in [1.82, 2.24) is 20.0 Å². The van der Waals surface area contributed by atoms with Gasteiger partial charge in [-0.25, -0.2) is 4.98 Å². The third-order valence-electron chi connectivity index (χ3n) is 3.34. The average Bonchev–Trinajstić information content (AvgIpc) is 3.10. The second-order valence-electron chi connectivity index (χ2n) is 4.79. The monoisotopic (exact) mass is 293 g/mol. The van der Waals surface area contributed by atoms with Gasteiger partial charge in [0.25, 0.3) is 11.7 Å². The number of nitrogens with zero attached hydrogens (tertiary/aromatic N) is 4. The van der Waals surface area contributed by atoms with Gasteiger partial charge in [-0.05, 0) is 26.3 Å². The minimum Gasteiger partial charge on any atom is -0.363 e. The van der Waals surface area contributed by atoms with Gasteiger partial charge >= 0.3 is 0 Å². The Morgan fingerprint density at radius 3 is 3.15 bits per heavy atom. The van der Waals surface area contributed by atoms with Crippen LogP contribution in [0.15, 0.2) is 10.7 Å². The molecule has 1 atom stereocenters. The topological polar surface area (TPSA) is 98.1 Å². The lowest BCUT2D eigenvalue weighted by atomic mass is 10.2. The first kappa shape index (κ1) is 13.2. The van der Waals surface area contributed by atoms with Gasteiger partial charge in [0.1, 0.15) is 0 Å². The molecule has 0 bridgehead atoms. The molecule has 7 nitrogen and oxygen atoms in total.